The van der Waals surface area contributed by atoms with Crippen LogP contribution in [0, 0.1) is 36.6 Å². The minimum atomic E-state index is -1.55. The average Bonchev–Trinajstić information content (AvgIpc) is 2.83. The van der Waals surface area contributed by atoms with Crippen molar-refractivity contribution in [1.82, 2.24) is 0 Å². The van der Waals surface area contributed by atoms with Crippen LogP contribution in [0.5, 0.6) is 0 Å². The van der Waals surface area contributed by atoms with Crippen LogP contribution in [-0.2, 0) is 0 Å². The molecule has 0 atom stereocenters. The zero-order valence-electron chi connectivity index (χ0n) is 16.7. The second-order valence-electron chi connectivity index (χ2n) is 6.77. The molecule has 3 aromatic rings. The van der Waals surface area contributed by atoms with Gasteiger partial charge >= 0.3 is 0 Å². The van der Waals surface area contributed by atoms with Gasteiger partial charge in [-0.1, -0.05) is 36.4 Å². The maximum absolute atomic E-state index is 12.6. The first-order valence-corrected chi connectivity index (χ1v) is 9.53. The van der Waals surface area contributed by atoms with Crippen molar-refractivity contribution in [3.63, 3.8) is 0 Å². The molecule has 153 valence electrons. The van der Waals surface area contributed by atoms with Crippen molar-refractivity contribution < 1.29 is 17.6 Å². The Balaban J connectivity index is 0.000000196. The Morgan fingerprint density at radius 3 is 1.61 bits per heavy atom. The number of hydrogen-bond acceptors (Lipinski definition) is 0. The predicted octanol–water partition coefficient (Wildman–Crippen LogP) is 6.16. The summed E-state index contributed by atoms with van der Waals surface area (Å²) in [5.74, 6) is -6.00. The zero-order valence-corrected chi connectivity index (χ0v) is 16.7. The molecule has 0 heterocycles. The van der Waals surface area contributed by atoms with Crippen LogP contribution in [-0.4, -0.2) is 7.85 Å². The summed E-state index contributed by atoms with van der Waals surface area (Å²) in [6.07, 6.45) is 10.5. The van der Waals surface area contributed by atoms with Gasteiger partial charge in [0.15, 0.2) is 11.6 Å². The molecule has 0 bridgehead atoms. The molecule has 3 aromatic carbocycles. The SMILES string of the molecule is C1=C[CH+]C(=C(c2ccccc2)c2ccccc2)C=C1.[B-]c1c(F)c(F)c(C)c(F)c1F. The van der Waals surface area contributed by atoms with Crippen LogP contribution in [0.25, 0.3) is 5.57 Å². The van der Waals surface area contributed by atoms with Gasteiger partial charge in [-0.15, -0.1) is 0 Å². The van der Waals surface area contributed by atoms with Gasteiger partial charge in [-0.3, -0.25) is 0 Å². The predicted molar refractivity (Wildman–Crippen MR) is 118 cm³/mol. The minimum Gasteiger partial charge on any atom is -0.572 e. The topological polar surface area (TPSA) is 0 Å². The van der Waals surface area contributed by atoms with Crippen molar-refractivity contribution >= 4 is 18.9 Å². The van der Waals surface area contributed by atoms with E-state index in [1.54, 1.807) is 0 Å². The van der Waals surface area contributed by atoms with E-state index in [-0.39, 0.29) is 0 Å². The normalized spacial score (nSPS) is 12.1. The largest absolute Gasteiger partial charge is 0.572 e. The van der Waals surface area contributed by atoms with Gasteiger partial charge in [0, 0.05) is 47.4 Å². The first kappa shape index (κ1) is 22.2. The van der Waals surface area contributed by atoms with Crippen LogP contribution in [0.2, 0.25) is 0 Å². The summed E-state index contributed by atoms with van der Waals surface area (Å²) in [7, 11) is 4.72. The highest BCUT2D eigenvalue weighted by Crippen LogP contribution is 2.30. The lowest BCUT2D eigenvalue weighted by Gasteiger charge is -2.13. The standard InChI is InChI=1S/C19H15.C7H3BF4/c1-4-10-16(11-5-1)19(17-12-6-2-7-13-17)18-14-8-3-9-15-18;1-2-4(9)6(11)3(8)7(12)5(2)10/h1-15H;1H3/q+1;-1. The zero-order chi connectivity index (χ0) is 22.4. The fourth-order valence-corrected chi connectivity index (χ4v) is 3.07. The maximum atomic E-state index is 12.6. The molecule has 0 amide bonds. The third kappa shape index (κ3) is 5.00. The number of rotatable bonds is 2. The average molecular weight is 417 g/mol. The third-order valence-corrected chi connectivity index (χ3v) is 4.70. The Bertz CT molecular complexity index is 1000. The van der Waals surface area contributed by atoms with Gasteiger partial charge in [0.2, 0.25) is 0 Å². The Kier molecular flexibility index (Phi) is 7.19. The van der Waals surface area contributed by atoms with Crippen LogP contribution in [0.1, 0.15) is 16.7 Å². The van der Waals surface area contributed by atoms with Gasteiger partial charge in [-0.25, -0.2) is 23.0 Å². The molecule has 0 spiro atoms. The lowest BCUT2D eigenvalue weighted by Crippen LogP contribution is -2.19. The van der Waals surface area contributed by atoms with Crippen LogP contribution in [0.4, 0.5) is 17.6 Å². The van der Waals surface area contributed by atoms with Crippen LogP contribution in [0.15, 0.2) is 90.5 Å². The number of allylic oxidation sites excluding steroid dienone is 5. The lowest BCUT2D eigenvalue weighted by atomic mass is 9.90. The molecule has 31 heavy (non-hydrogen) atoms. The van der Waals surface area contributed by atoms with E-state index in [2.05, 4.69) is 91.4 Å². The Morgan fingerprint density at radius 1 is 0.710 bits per heavy atom. The molecule has 0 unspecified atom stereocenters. The van der Waals surface area contributed by atoms with Crippen LogP contribution >= 0.6 is 0 Å². The van der Waals surface area contributed by atoms with Crippen molar-refractivity contribution in [2.45, 2.75) is 6.92 Å². The summed E-state index contributed by atoms with van der Waals surface area (Å²) >= 11 is 0. The summed E-state index contributed by atoms with van der Waals surface area (Å²) < 4.78 is 50.2. The molecule has 1 aliphatic carbocycles. The van der Waals surface area contributed by atoms with Gasteiger partial charge in [-0.2, -0.15) is 0 Å². The van der Waals surface area contributed by atoms with E-state index in [1.807, 2.05) is 0 Å². The van der Waals surface area contributed by atoms with Crippen molar-refractivity contribution in [3.8, 4) is 0 Å². The monoisotopic (exact) mass is 417 g/mol. The molecule has 0 aliphatic heterocycles. The summed E-state index contributed by atoms with van der Waals surface area (Å²) in [4.78, 5) is 0. The van der Waals surface area contributed by atoms with E-state index in [9.17, 15) is 17.6 Å². The highest BCUT2D eigenvalue weighted by molar-refractivity contribution is 6.32. The molecule has 0 N–H and O–H groups in total. The molecule has 1 aliphatic rings. The molecule has 4 rings (SSSR count). The van der Waals surface area contributed by atoms with Crippen LogP contribution in [0.3, 0.4) is 0 Å². The summed E-state index contributed by atoms with van der Waals surface area (Å²) in [6, 6.07) is 21.1. The van der Waals surface area contributed by atoms with E-state index in [0.29, 0.717) is 0 Å². The second-order valence-corrected chi connectivity index (χ2v) is 6.77. The van der Waals surface area contributed by atoms with Crippen molar-refractivity contribution in [2.24, 2.45) is 0 Å². The maximum Gasteiger partial charge on any atom is 0.161 e. The van der Waals surface area contributed by atoms with Gasteiger partial charge in [0.05, 0.1) is 5.57 Å². The van der Waals surface area contributed by atoms with E-state index in [4.69, 9.17) is 7.85 Å². The van der Waals surface area contributed by atoms with Crippen molar-refractivity contribution in [1.29, 1.82) is 0 Å². The minimum absolute atomic E-state index is 0.709. The van der Waals surface area contributed by atoms with Gasteiger partial charge in [-0.05, 0) is 31.2 Å². The highest BCUT2D eigenvalue weighted by atomic mass is 19.2. The molecule has 0 fully saturated rings. The summed E-state index contributed by atoms with van der Waals surface area (Å²) in [5.41, 5.74) is 3.19. The first-order chi connectivity index (χ1) is 14.9. The number of halogens is 4. The fraction of sp³-hybridized carbons (Fsp3) is 0.0385. The molecule has 3 radical (unpaired) electrons. The molecular weight excluding hydrogens is 399 g/mol. The van der Waals surface area contributed by atoms with Gasteiger partial charge in [0.1, 0.15) is 17.2 Å². The van der Waals surface area contributed by atoms with Crippen molar-refractivity contribution in [2.75, 3.05) is 0 Å². The van der Waals surface area contributed by atoms with E-state index in [1.165, 1.54) is 22.3 Å². The molecular formula is C26H18BF4. The van der Waals surface area contributed by atoms with Gasteiger partial charge in [0.25, 0.3) is 0 Å². The first-order valence-electron chi connectivity index (χ1n) is 9.53. The smallest absolute Gasteiger partial charge is 0.161 e. The number of benzene rings is 3. The molecule has 0 saturated heterocycles. The van der Waals surface area contributed by atoms with E-state index < -0.39 is 34.3 Å². The highest BCUT2D eigenvalue weighted by Gasteiger charge is 2.17. The lowest BCUT2D eigenvalue weighted by molar-refractivity contribution is 0.454. The fourth-order valence-electron chi connectivity index (χ4n) is 3.07. The van der Waals surface area contributed by atoms with E-state index >= 15 is 0 Å². The molecule has 0 saturated carbocycles. The van der Waals surface area contributed by atoms with E-state index in [0.717, 1.165) is 6.92 Å². The molecule has 5 heteroatoms. The summed E-state index contributed by atoms with van der Waals surface area (Å²) in [5, 5.41) is 0. The molecule has 0 aromatic heterocycles. The third-order valence-electron chi connectivity index (χ3n) is 4.70. The summed E-state index contributed by atoms with van der Waals surface area (Å²) in [6.45, 7) is 0.927. The Morgan fingerprint density at radius 2 is 1.19 bits per heavy atom. The van der Waals surface area contributed by atoms with Gasteiger partial charge < -0.3 is 7.85 Å². The number of hydrogen-bond donors (Lipinski definition) is 0. The molecule has 0 nitrogen and oxygen atoms in total. The second kappa shape index (κ2) is 10.0. The van der Waals surface area contributed by atoms with Crippen molar-refractivity contribution in [3.05, 3.63) is 137 Å². The Hall–Kier alpha value is -3.47. The van der Waals surface area contributed by atoms with Crippen LogP contribution < -0.4 is 5.46 Å². The quantitative estimate of drug-likeness (QED) is 0.203. The Labute approximate surface area is 180 Å².